The van der Waals surface area contributed by atoms with Crippen molar-refractivity contribution >= 4 is 11.7 Å². The molecule has 2 rings (SSSR count). The molecule has 1 aromatic heterocycles. The number of aromatic amines is 1. The molecular weight excluding hydrogens is 216 g/mol. The summed E-state index contributed by atoms with van der Waals surface area (Å²) in [6, 6.07) is 0.279. The number of carbonyl (C=O) groups is 1. The maximum Gasteiger partial charge on any atom is 0.256 e. The summed E-state index contributed by atoms with van der Waals surface area (Å²) in [5, 5.41) is 9.37. The van der Waals surface area contributed by atoms with Gasteiger partial charge in [-0.3, -0.25) is 9.89 Å². The van der Waals surface area contributed by atoms with Crippen LogP contribution in [-0.2, 0) is 0 Å². The van der Waals surface area contributed by atoms with Gasteiger partial charge in [0.05, 0.1) is 6.20 Å². The number of aromatic nitrogens is 2. The van der Waals surface area contributed by atoms with Gasteiger partial charge in [-0.2, -0.15) is 5.10 Å². The molecule has 2 atom stereocenters. The number of H-pyrrole nitrogens is 1. The van der Waals surface area contributed by atoms with E-state index in [1.165, 1.54) is 25.5 Å². The van der Waals surface area contributed by atoms with Crippen molar-refractivity contribution < 1.29 is 4.79 Å². The van der Waals surface area contributed by atoms with Gasteiger partial charge in [0, 0.05) is 6.04 Å². The topological polar surface area (TPSA) is 83.8 Å². The predicted octanol–water partition coefficient (Wildman–Crippen LogP) is 1.69. The standard InChI is InChI=1S/C12H20N4O/c1-8-3-2-4-9(6-5-8)15-12(17)10-7-14-16-11(10)13/h7-9H,2-6H2,1H3,(H,15,17)(H3,13,14,16). The Kier molecular flexibility index (Phi) is 3.66. The Morgan fingerprint density at radius 3 is 3.00 bits per heavy atom. The van der Waals surface area contributed by atoms with Gasteiger partial charge in [0.15, 0.2) is 0 Å². The van der Waals surface area contributed by atoms with Crippen molar-refractivity contribution in [1.82, 2.24) is 15.5 Å². The highest BCUT2D eigenvalue weighted by Crippen LogP contribution is 2.23. The molecule has 1 aromatic rings. The van der Waals surface area contributed by atoms with Crippen LogP contribution in [0, 0.1) is 5.92 Å². The van der Waals surface area contributed by atoms with E-state index in [9.17, 15) is 4.79 Å². The van der Waals surface area contributed by atoms with Crippen LogP contribution in [0.1, 0.15) is 49.4 Å². The highest BCUT2D eigenvalue weighted by Gasteiger charge is 2.20. The van der Waals surface area contributed by atoms with Crippen molar-refractivity contribution in [1.29, 1.82) is 0 Å². The van der Waals surface area contributed by atoms with E-state index >= 15 is 0 Å². The van der Waals surface area contributed by atoms with Gasteiger partial charge in [-0.1, -0.05) is 19.8 Å². The van der Waals surface area contributed by atoms with Crippen molar-refractivity contribution in [3.8, 4) is 0 Å². The summed E-state index contributed by atoms with van der Waals surface area (Å²) < 4.78 is 0. The molecule has 0 radical (unpaired) electrons. The summed E-state index contributed by atoms with van der Waals surface area (Å²) in [6.45, 7) is 2.28. The SMILES string of the molecule is CC1CCCC(NC(=O)c2cn[nH]c2N)CC1. The second kappa shape index (κ2) is 5.21. The van der Waals surface area contributed by atoms with Gasteiger partial charge in [-0.15, -0.1) is 0 Å². The third-order valence-electron chi connectivity index (χ3n) is 3.51. The number of nitrogens with zero attached hydrogens (tertiary/aromatic N) is 1. The molecule has 2 unspecified atom stereocenters. The van der Waals surface area contributed by atoms with E-state index < -0.39 is 0 Å². The van der Waals surface area contributed by atoms with E-state index in [0.717, 1.165) is 18.8 Å². The van der Waals surface area contributed by atoms with Crippen molar-refractivity contribution in [3.05, 3.63) is 11.8 Å². The molecule has 17 heavy (non-hydrogen) atoms. The van der Waals surface area contributed by atoms with Gasteiger partial charge in [0.1, 0.15) is 11.4 Å². The summed E-state index contributed by atoms with van der Waals surface area (Å²) in [7, 11) is 0. The lowest BCUT2D eigenvalue weighted by molar-refractivity contribution is 0.0934. The molecule has 1 amide bonds. The molecule has 94 valence electrons. The normalized spacial score (nSPS) is 25.2. The summed E-state index contributed by atoms with van der Waals surface area (Å²) in [4.78, 5) is 11.9. The van der Waals surface area contributed by atoms with E-state index in [1.807, 2.05) is 0 Å². The molecule has 0 spiro atoms. The fourth-order valence-electron chi connectivity index (χ4n) is 2.37. The fourth-order valence-corrected chi connectivity index (χ4v) is 2.37. The highest BCUT2D eigenvalue weighted by molar-refractivity contribution is 5.98. The lowest BCUT2D eigenvalue weighted by atomic mass is 10.0. The molecule has 0 bridgehead atoms. The third kappa shape index (κ3) is 2.99. The lowest BCUT2D eigenvalue weighted by Gasteiger charge is -2.15. The van der Waals surface area contributed by atoms with Crippen molar-refractivity contribution in [3.63, 3.8) is 0 Å². The van der Waals surface area contributed by atoms with Gasteiger partial charge in [-0.25, -0.2) is 0 Å². The van der Waals surface area contributed by atoms with Crippen LogP contribution in [0.25, 0.3) is 0 Å². The predicted molar refractivity (Wildman–Crippen MR) is 66.5 cm³/mol. The van der Waals surface area contributed by atoms with Crippen LogP contribution < -0.4 is 11.1 Å². The molecule has 1 aliphatic carbocycles. The largest absolute Gasteiger partial charge is 0.383 e. The van der Waals surface area contributed by atoms with E-state index in [4.69, 9.17) is 5.73 Å². The van der Waals surface area contributed by atoms with Gasteiger partial charge in [0.25, 0.3) is 5.91 Å². The molecule has 5 heteroatoms. The number of nitrogens with one attached hydrogen (secondary N) is 2. The Hall–Kier alpha value is -1.52. The second-order valence-corrected chi connectivity index (χ2v) is 4.98. The number of nitrogen functional groups attached to an aromatic ring is 1. The van der Waals surface area contributed by atoms with Gasteiger partial charge >= 0.3 is 0 Å². The van der Waals surface area contributed by atoms with Crippen LogP contribution in [0.3, 0.4) is 0 Å². The maximum atomic E-state index is 11.9. The van der Waals surface area contributed by atoms with E-state index in [0.29, 0.717) is 11.4 Å². The number of anilines is 1. The number of rotatable bonds is 2. The first kappa shape index (κ1) is 12.0. The monoisotopic (exact) mass is 236 g/mol. The van der Waals surface area contributed by atoms with Crippen LogP contribution in [0.4, 0.5) is 5.82 Å². The second-order valence-electron chi connectivity index (χ2n) is 4.98. The summed E-state index contributed by atoms with van der Waals surface area (Å²) in [5.74, 6) is 0.996. The fraction of sp³-hybridized carbons (Fsp3) is 0.667. The summed E-state index contributed by atoms with van der Waals surface area (Å²) in [6.07, 6.45) is 7.24. The molecule has 0 saturated heterocycles. The van der Waals surface area contributed by atoms with Gasteiger partial charge in [0.2, 0.25) is 0 Å². The van der Waals surface area contributed by atoms with Crippen molar-refractivity contribution in [2.24, 2.45) is 5.92 Å². The number of nitrogens with two attached hydrogens (primary N) is 1. The number of amides is 1. The lowest BCUT2D eigenvalue weighted by Crippen LogP contribution is -2.34. The van der Waals surface area contributed by atoms with E-state index in [-0.39, 0.29) is 11.9 Å². The van der Waals surface area contributed by atoms with Crippen molar-refractivity contribution in [2.45, 2.75) is 45.1 Å². The van der Waals surface area contributed by atoms with Crippen molar-refractivity contribution in [2.75, 3.05) is 5.73 Å². The minimum Gasteiger partial charge on any atom is -0.383 e. The molecule has 0 aromatic carbocycles. The highest BCUT2D eigenvalue weighted by atomic mass is 16.1. The molecule has 1 heterocycles. The Labute approximate surface area is 101 Å². The van der Waals surface area contributed by atoms with Crippen LogP contribution in [0.15, 0.2) is 6.20 Å². The van der Waals surface area contributed by atoms with Gasteiger partial charge < -0.3 is 11.1 Å². The maximum absolute atomic E-state index is 11.9. The smallest absolute Gasteiger partial charge is 0.256 e. The number of carbonyl (C=O) groups excluding carboxylic acids is 1. The Bertz CT molecular complexity index is 388. The van der Waals surface area contributed by atoms with E-state index in [2.05, 4.69) is 22.4 Å². The number of hydrogen-bond acceptors (Lipinski definition) is 3. The quantitative estimate of drug-likeness (QED) is 0.683. The van der Waals surface area contributed by atoms with Crippen LogP contribution >= 0.6 is 0 Å². The zero-order chi connectivity index (χ0) is 12.3. The summed E-state index contributed by atoms with van der Waals surface area (Å²) in [5.41, 5.74) is 6.07. The zero-order valence-corrected chi connectivity index (χ0v) is 10.2. The average molecular weight is 236 g/mol. The first-order valence-corrected chi connectivity index (χ1v) is 6.26. The zero-order valence-electron chi connectivity index (χ0n) is 10.2. The minimum atomic E-state index is -0.115. The molecule has 1 aliphatic rings. The first-order chi connectivity index (χ1) is 8.16. The first-order valence-electron chi connectivity index (χ1n) is 6.26. The number of hydrogen-bond donors (Lipinski definition) is 3. The minimum absolute atomic E-state index is 0.115. The van der Waals surface area contributed by atoms with Gasteiger partial charge in [-0.05, 0) is 25.2 Å². The van der Waals surface area contributed by atoms with Crippen LogP contribution in [0.2, 0.25) is 0 Å². The molecule has 1 saturated carbocycles. The molecule has 5 nitrogen and oxygen atoms in total. The van der Waals surface area contributed by atoms with Crippen LogP contribution in [-0.4, -0.2) is 22.1 Å². The Morgan fingerprint density at radius 2 is 2.29 bits per heavy atom. The van der Waals surface area contributed by atoms with E-state index in [1.54, 1.807) is 0 Å². The Balaban J connectivity index is 1.92. The molecule has 0 aliphatic heterocycles. The average Bonchev–Trinajstić information content (AvgIpc) is 2.61. The molecular formula is C12H20N4O. The molecule has 4 N–H and O–H groups in total. The Morgan fingerprint density at radius 1 is 1.47 bits per heavy atom. The van der Waals surface area contributed by atoms with Crippen LogP contribution in [0.5, 0.6) is 0 Å². The summed E-state index contributed by atoms with van der Waals surface area (Å²) >= 11 is 0. The third-order valence-corrected chi connectivity index (χ3v) is 3.51. The molecule has 1 fully saturated rings.